The minimum Gasteiger partial charge on any atom is -0.383 e. The van der Waals surface area contributed by atoms with Crippen LogP contribution >= 0.6 is 11.6 Å². The van der Waals surface area contributed by atoms with Gasteiger partial charge in [0, 0.05) is 20.1 Å². The number of rotatable bonds is 14. The van der Waals surface area contributed by atoms with E-state index in [9.17, 15) is 4.79 Å². The molecule has 0 aromatic carbocycles. The Morgan fingerprint density at radius 2 is 1.60 bits per heavy atom. The van der Waals surface area contributed by atoms with Crippen LogP contribution in [0.4, 0.5) is 0 Å². The highest BCUT2D eigenvalue weighted by Crippen LogP contribution is 2.10. The molecule has 3 nitrogen and oxygen atoms in total. The van der Waals surface area contributed by atoms with Gasteiger partial charge in [-0.25, -0.2) is 0 Å². The molecule has 1 atom stereocenters. The van der Waals surface area contributed by atoms with Crippen molar-refractivity contribution in [2.24, 2.45) is 0 Å². The first-order valence-corrected chi connectivity index (χ1v) is 8.54. The third-order valence-electron chi connectivity index (χ3n) is 3.38. The van der Waals surface area contributed by atoms with Gasteiger partial charge in [-0.2, -0.15) is 0 Å². The Morgan fingerprint density at radius 3 is 2.15 bits per heavy atom. The molecule has 0 heterocycles. The summed E-state index contributed by atoms with van der Waals surface area (Å²) in [4.78, 5) is 11.5. The molecule has 0 rings (SSSR count). The number of halogens is 1. The van der Waals surface area contributed by atoms with E-state index in [1.807, 2.05) is 0 Å². The molecule has 0 aromatic heterocycles. The van der Waals surface area contributed by atoms with Gasteiger partial charge in [0.2, 0.25) is 5.91 Å². The number of hydrogen-bond donors (Lipinski definition) is 1. The molecule has 0 aromatic rings. The van der Waals surface area contributed by atoms with Crippen molar-refractivity contribution >= 4 is 17.5 Å². The van der Waals surface area contributed by atoms with Gasteiger partial charge in [-0.15, -0.1) is 11.6 Å². The smallest absolute Gasteiger partial charge is 0.220 e. The molecular formula is C16H32ClNO2. The Hall–Kier alpha value is -0.280. The van der Waals surface area contributed by atoms with E-state index in [4.69, 9.17) is 16.3 Å². The highest BCUT2D eigenvalue weighted by molar-refractivity contribution is 6.21. The normalized spacial score (nSPS) is 12.3. The second-order valence-corrected chi connectivity index (χ2v) is 6.05. The van der Waals surface area contributed by atoms with Crippen LogP contribution in [0.5, 0.6) is 0 Å². The lowest BCUT2D eigenvalue weighted by atomic mass is 10.1. The summed E-state index contributed by atoms with van der Waals surface area (Å²) in [5.41, 5.74) is 0. The molecule has 20 heavy (non-hydrogen) atoms. The number of carbonyl (C=O) groups excluding carboxylic acids is 1. The van der Waals surface area contributed by atoms with E-state index in [-0.39, 0.29) is 11.3 Å². The molecule has 4 heteroatoms. The van der Waals surface area contributed by atoms with Crippen LogP contribution < -0.4 is 5.32 Å². The van der Waals surface area contributed by atoms with Crippen molar-refractivity contribution in [2.75, 3.05) is 20.3 Å². The highest BCUT2D eigenvalue weighted by atomic mass is 35.5. The maximum Gasteiger partial charge on any atom is 0.220 e. The highest BCUT2D eigenvalue weighted by Gasteiger charge is 2.06. The lowest BCUT2D eigenvalue weighted by Crippen LogP contribution is -2.31. The average Bonchev–Trinajstić information content (AvgIpc) is 2.43. The van der Waals surface area contributed by atoms with Crippen LogP contribution in [-0.4, -0.2) is 31.5 Å². The SMILES string of the molecule is CCCCCCCCCCCC(=O)NCC(Cl)COC. The van der Waals surface area contributed by atoms with Gasteiger partial charge in [-0.05, 0) is 6.42 Å². The van der Waals surface area contributed by atoms with Crippen LogP contribution in [0.2, 0.25) is 0 Å². The van der Waals surface area contributed by atoms with Crippen LogP contribution in [0.25, 0.3) is 0 Å². The van der Waals surface area contributed by atoms with Gasteiger partial charge in [0.1, 0.15) is 0 Å². The number of methoxy groups -OCH3 is 1. The molecule has 1 N–H and O–H groups in total. The molecule has 0 saturated heterocycles. The summed E-state index contributed by atoms with van der Waals surface area (Å²) in [5.74, 6) is 0.106. The van der Waals surface area contributed by atoms with E-state index in [2.05, 4.69) is 12.2 Å². The van der Waals surface area contributed by atoms with Crippen LogP contribution in [0.3, 0.4) is 0 Å². The molecule has 0 radical (unpaired) electrons. The molecule has 0 spiro atoms. The summed E-state index contributed by atoms with van der Waals surface area (Å²) in [6, 6.07) is 0. The van der Waals surface area contributed by atoms with Crippen LogP contribution in [-0.2, 0) is 9.53 Å². The van der Waals surface area contributed by atoms with Crippen molar-refractivity contribution in [1.82, 2.24) is 5.32 Å². The molecule has 0 fully saturated rings. The van der Waals surface area contributed by atoms with Crippen molar-refractivity contribution in [3.63, 3.8) is 0 Å². The van der Waals surface area contributed by atoms with Crippen LogP contribution in [0.1, 0.15) is 71.1 Å². The standard InChI is InChI=1S/C16H32ClNO2/c1-3-4-5-6-7-8-9-10-11-12-16(19)18-13-15(17)14-20-2/h15H,3-14H2,1-2H3,(H,18,19). The molecule has 0 aliphatic rings. The van der Waals surface area contributed by atoms with Crippen molar-refractivity contribution in [1.29, 1.82) is 0 Å². The van der Waals surface area contributed by atoms with Crippen molar-refractivity contribution in [2.45, 2.75) is 76.5 Å². The topological polar surface area (TPSA) is 38.3 Å². The Bertz CT molecular complexity index is 225. The fraction of sp³-hybridized carbons (Fsp3) is 0.938. The van der Waals surface area contributed by atoms with Crippen molar-refractivity contribution in [3.05, 3.63) is 0 Å². The Labute approximate surface area is 129 Å². The Balaban J connectivity index is 3.23. The first kappa shape index (κ1) is 19.7. The first-order chi connectivity index (χ1) is 9.70. The van der Waals surface area contributed by atoms with Gasteiger partial charge in [-0.1, -0.05) is 58.3 Å². The van der Waals surface area contributed by atoms with E-state index in [1.54, 1.807) is 7.11 Å². The third-order valence-corrected chi connectivity index (χ3v) is 3.66. The summed E-state index contributed by atoms with van der Waals surface area (Å²) in [6.45, 7) is 3.21. The first-order valence-electron chi connectivity index (χ1n) is 8.10. The zero-order valence-corrected chi connectivity index (χ0v) is 14.0. The minimum atomic E-state index is -0.132. The molecule has 0 bridgehead atoms. The zero-order chi connectivity index (χ0) is 15.1. The number of ether oxygens (including phenoxy) is 1. The third kappa shape index (κ3) is 14.1. The van der Waals surface area contributed by atoms with E-state index < -0.39 is 0 Å². The van der Waals surface area contributed by atoms with Gasteiger partial charge in [0.25, 0.3) is 0 Å². The Morgan fingerprint density at radius 1 is 1.05 bits per heavy atom. The molecule has 0 aliphatic heterocycles. The summed E-state index contributed by atoms with van der Waals surface area (Å²) in [6.07, 6.45) is 12.1. The fourth-order valence-corrected chi connectivity index (χ4v) is 2.35. The number of amides is 1. The van der Waals surface area contributed by atoms with E-state index in [0.29, 0.717) is 19.6 Å². The number of alkyl halides is 1. The van der Waals surface area contributed by atoms with Crippen molar-refractivity contribution in [3.8, 4) is 0 Å². The lowest BCUT2D eigenvalue weighted by Gasteiger charge is -2.09. The second kappa shape index (κ2) is 15.1. The van der Waals surface area contributed by atoms with Gasteiger partial charge < -0.3 is 10.1 Å². The maximum atomic E-state index is 11.5. The molecule has 1 amide bonds. The van der Waals surface area contributed by atoms with E-state index in [0.717, 1.165) is 12.8 Å². The molecule has 1 unspecified atom stereocenters. The predicted molar refractivity (Wildman–Crippen MR) is 86.4 cm³/mol. The number of nitrogens with one attached hydrogen (secondary N) is 1. The number of carbonyl (C=O) groups is 1. The lowest BCUT2D eigenvalue weighted by molar-refractivity contribution is -0.121. The zero-order valence-electron chi connectivity index (χ0n) is 13.3. The largest absolute Gasteiger partial charge is 0.383 e. The van der Waals surface area contributed by atoms with E-state index >= 15 is 0 Å². The molecular weight excluding hydrogens is 274 g/mol. The maximum absolute atomic E-state index is 11.5. The number of unbranched alkanes of at least 4 members (excludes halogenated alkanes) is 8. The quantitative estimate of drug-likeness (QED) is 0.384. The summed E-state index contributed by atoms with van der Waals surface area (Å²) >= 11 is 5.94. The van der Waals surface area contributed by atoms with Crippen LogP contribution in [0.15, 0.2) is 0 Å². The number of hydrogen-bond acceptors (Lipinski definition) is 2. The van der Waals surface area contributed by atoms with Gasteiger partial charge >= 0.3 is 0 Å². The van der Waals surface area contributed by atoms with Gasteiger partial charge in [0.15, 0.2) is 0 Å². The van der Waals surface area contributed by atoms with Gasteiger partial charge in [0.05, 0.1) is 12.0 Å². The molecule has 0 aliphatic carbocycles. The molecule has 0 saturated carbocycles. The summed E-state index contributed by atoms with van der Waals surface area (Å²) in [7, 11) is 1.61. The van der Waals surface area contributed by atoms with Crippen LogP contribution in [0, 0.1) is 0 Å². The second-order valence-electron chi connectivity index (χ2n) is 5.44. The predicted octanol–water partition coefficient (Wildman–Crippen LogP) is 4.28. The fourth-order valence-electron chi connectivity index (χ4n) is 2.15. The van der Waals surface area contributed by atoms with Gasteiger partial charge in [-0.3, -0.25) is 4.79 Å². The Kier molecular flexibility index (Phi) is 14.9. The van der Waals surface area contributed by atoms with E-state index in [1.165, 1.54) is 44.9 Å². The minimum absolute atomic E-state index is 0.106. The monoisotopic (exact) mass is 305 g/mol. The summed E-state index contributed by atoms with van der Waals surface area (Å²) in [5, 5.41) is 2.71. The molecule has 120 valence electrons. The van der Waals surface area contributed by atoms with Crippen molar-refractivity contribution < 1.29 is 9.53 Å². The average molecular weight is 306 g/mol. The summed E-state index contributed by atoms with van der Waals surface area (Å²) < 4.78 is 4.91.